The van der Waals surface area contributed by atoms with Crippen LogP contribution in [0.15, 0.2) is 59.1 Å². The van der Waals surface area contributed by atoms with Crippen molar-refractivity contribution in [1.29, 1.82) is 0 Å². The zero-order valence-corrected chi connectivity index (χ0v) is 8.98. The first-order valence-corrected chi connectivity index (χ1v) is 5.30. The van der Waals surface area contributed by atoms with Gasteiger partial charge in [-0.05, 0) is 24.0 Å². The molecule has 1 aromatic carbocycles. The lowest BCUT2D eigenvalue weighted by Gasteiger charge is -2.11. The van der Waals surface area contributed by atoms with Gasteiger partial charge in [-0.2, -0.15) is 0 Å². The van der Waals surface area contributed by atoms with E-state index in [1.165, 1.54) is 11.1 Å². The summed E-state index contributed by atoms with van der Waals surface area (Å²) in [6, 6.07) is 10.4. The van der Waals surface area contributed by atoms with Gasteiger partial charge >= 0.3 is 0 Å². The maximum Gasteiger partial charge on any atom is 0.0675 e. The van der Waals surface area contributed by atoms with E-state index >= 15 is 0 Å². The SMILES string of the molecule is CN=C(C1=CC=CCC1)c1ccccc1. The smallest absolute Gasteiger partial charge is 0.0675 e. The average Bonchev–Trinajstić information content (AvgIpc) is 2.33. The largest absolute Gasteiger partial charge is 0.288 e. The summed E-state index contributed by atoms with van der Waals surface area (Å²) >= 11 is 0. The first kappa shape index (κ1) is 9.91. The highest BCUT2D eigenvalue weighted by molar-refractivity contribution is 6.12. The number of hydrogen-bond acceptors (Lipinski definition) is 1. The van der Waals surface area contributed by atoms with E-state index in [-0.39, 0.29) is 0 Å². The predicted molar refractivity (Wildman–Crippen MR) is 65.4 cm³/mol. The van der Waals surface area contributed by atoms with Crippen LogP contribution in [0.2, 0.25) is 0 Å². The van der Waals surface area contributed by atoms with Crippen LogP contribution >= 0.6 is 0 Å². The van der Waals surface area contributed by atoms with E-state index in [2.05, 4.69) is 47.5 Å². The Morgan fingerprint density at radius 2 is 2.00 bits per heavy atom. The molecule has 0 bridgehead atoms. The third-order valence-corrected chi connectivity index (χ3v) is 2.59. The van der Waals surface area contributed by atoms with Gasteiger partial charge < -0.3 is 0 Å². The van der Waals surface area contributed by atoms with Crippen molar-refractivity contribution in [3.63, 3.8) is 0 Å². The van der Waals surface area contributed by atoms with Crippen molar-refractivity contribution in [2.45, 2.75) is 12.8 Å². The number of benzene rings is 1. The lowest BCUT2D eigenvalue weighted by atomic mass is 9.95. The Hall–Kier alpha value is -1.63. The predicted octanol–water partition coefficient (Wildman–Crippen LogP) is 3.38. The molecule has 2 rings (SSSR count). The molecule has 15 heavy (non-hydrogen) atoms. The summed E-state index contributed by atoms with van der Waals surface area (Å²) in [5.41, 5.74) is 3.67. The minimum atomic E-state index is 1.10. The molecule has 0 aromatic heterocycles. The second-order valence-electron chi connectivity index (χ2n) is 3.60. The second kappa shape index (κ2) is 4.74. The highest BCUT2D eigenvalue weighted by Gasteiger charge is 2.09. The second-order valence-corrected chi connectivity index (χ2v) is 3.60. The van der Waals surface area contributed by atoms with Crippen LogP contribution in [0.3, 0.4) is 0 Å². The topological polar surface area (TPSA) is 12.4 Å². The fourth-order valence-corrected chi connectivity index (χ4v) is 1.85. The molecule has 1 aliphatic rings. The summed E-state index contributed by atoms with van der Waals surface area (Å²) < 4.78 is 0. The Morgan fingerprint density at radius 3 is 2.60 bits per heavy atom. The number of aliphatic imine (C=N–C) groups is 1. The lowest BCUT2D eigenvalue weighted by Crippen LogP contribution is -2.06. The average molecular weight is 197 g/mol. The van der Waals surface area contributed by atoms with Crippen molar-refractivity contribution in [2.75, 3.05) is 7.05 Å². The van der Waals surface area contributed by atoms with E-state index in [0.717, 1.165) is 18.6 Å². The first-order valence-electron chi connectivity index (χ1n) is 5.30. The van der Waals surface area contributed by atoms with Crippen molar-refractivity contribution in [2.24, 2.45) is 4.99 Å². The van der Waals surface area contributed by atoms with Gasteiger partial charge in [0.25, 0.3) is 0 Å². The molecule has 0 unspecified atom stereocenters. The molecule has 0 saturated carbocycles. The van der Waals surface area contributed by atoms with Crippen LogP contribution in [-0.2, 0) is 0 Å². The van der Waals surface area contributed by atoms with Crippen LogP contribution in [0.4, 0.5) is 0 Å². The van der Waals surface area contributed by atoms with Crippen LogP contribution in [0.5, 0.6) is 0 Å². The van der Waals surface area contributed by atoms with E-state index in [1.54, 1.807) is 0 Å². The number of rotatable bonds is 2. The van der Waals surface area contributed by atoms with Gasteiger partial charge in [0.1, 0.15) is 0 Å². The zero-order chi connectivity index (χ0) is 10.5. The molecule has 0 amide bonds. The molecule has 0 atom stereocenters. The van der Waals surface area contributed by atoms with E-state index in [1.807, 2.05) is 13.1 Å². The van der Waals surface area contributed by atoms with Crippen LogP contribution in [-0.4, -0.2) is 12.8 Å². The molecule has 0 radical (unpaired) electrons. The molecule has 0 aliphatic heterocycles. The summed E-state index contributed by atoms with van der Waals surface area (Å²) in [6.07, 6.45) is 8.70. The Labute approximate surface area is 90.9 Å². The van der Waals surface area contributed by atoms with Crippen molar-refractivity contribution in [1.82, 2.24) is 0 Å². The van der Waals surface area contributed by atoms with Crippen molar-refractivity contribution in [3.05, 3.63) is 59.7 Å². The van der Waals surface area contributed by atoms with Crippen LogP contribution in [0.1, 0.15) is 18.4 Å². The summed E-state index contributed by atoms with van der Waals surface area (Å²) in [7, 11) is 1.86. The monoisotopic (exact) mass is 197 g/mol. The van der Waals surface area contributed by atoms with Gasteiger partial charge in [-0.1, -0.05) is 48.6 Å². The van der Waals surface area contributed by atoms with Gasteiger partial charge in [-0.15, -0.1) is 0 Å². The molecule has 1 aromatic rings. The number of nitrogens with zero attached hydrogens (tertiary/aromatic N) is 1. The minimum Gasteiger partial charge on any atom is -0.288 e. The maximum absolute atomic E-state index is 4.40. The normalized spacial score (nSPS) is 16.3. The van der Waals surface area contributed by atoms with Crippen LogP contribution < -0.4 is 0 Å². The molecule has 0 N–H and O–H groups in total. The Kier molecular flexibility index (Phi) is 3.13. The van der Waals surface area contributed by atoms with Gasteiger partial charge in [0.15, 0.2) is 0 Å². The molecule has 1 aliphatic carbocycles. The molecule has 0 saturated heterocycles. The molecule has 76 valence electrons. The summed E-state index contributed by atoms with van der Waals surface area (Å²) in [4.78, 5) is 4.40. The maximum atomic E-state index is 4.40. The zero-order valence-electron chi connectivity index (χ0n) is 8.98. The van der Waals surface area contributed by atoms with E-state index < -0.39 is 0 Å². The standard InChI is InChI=1S/C14H15N/c1-15-14(12-8-4-2-5-9-12)13-10-6-3-7-11-13/h2-6,8-10H,7,11H2,1H3. The lowest BCUT2D eigenvalue weighted by molar-refractivity contribution is 1.00. The van der Waals surface area contributed by atoms with E-state index in [9.17, 15) is 0 Å². The molecule has 0 spiro atoms. The van der Waals surface area contributed by atoms with Crippen LogP contribution in [0.25, 0.3) is 0 Å². The summed E-state index contributed by atoms with van der Waals surface area (Å²) in [5.74, 6) is 0. The van der Waals surface area contributed by atoms with Gasteiger partial charge in [0.2, 0.25) is 0 Å². The molecule has 0 heterocycles. The van der Waals surface area contributed by atoms with Gasteiger partial charge in [-0.25, -0.2) is 0 Å². The Bertz CT molecular complexity index is 410. The minimum absolute atomic E-state index is 1.10. The van der Waals surface area contributed by atoms with Crippen LogP contribution in [0, 0.1) is 0 Å². The molecule has 1 nitrogen and oxygen atoms in total. The van der Waals surface area contributed by atoms with Gasteiger partial charge in [0, 0.05) is 7.05 Å². The highest BCUT2D eigenvalue weighted by atomic mass is 14.7. The molecule has 1 heteroatoms. The fourth-order valence-electron chi connectivity index (χ4n) is 1.85. The third kappa shape index (κ3) is 2.24. The van der Waals surface area contributed by atoms with E-state index in [0.29, 0.717) is 0 Å². The van der Waals surface area contributed by atoms with Crippen molar-refractivity contribution >= 4 is 5.71 Å². The van der Waals surface area contributed by atoms with Crippen molar-refractivity contribution in [3.8, 4) is 0 Å². The highest BCUT2D eigenvalue weighted by Crippen LogP contribution is 2.18. The van der Waals surface area contributed by atoms with Crippen molar-refractivity contribution < 1.29 is 0 Å². The number of allylic oxidation sites excluding steroid dienone is 4. The fraction of sp³-hybridized carbons (Fsp3) is 0.214. The molecular weight excluding hydrogens is 182 g/mol. The third-order valence-electron chi connectivity index (χ3n) is 2.59. The quantitative estimate of drug-likeness (QED) is 0.644. The van der Waals surface area contributed by atoms with Gasteiger partial charge in [-0.3, -0.25) is 4.99 Å². The van der Waals surface area contributed by atoms with Gasteiger partial charge in [0.05, 0.1) is 5.71 Å². The Balaban J connectivity index is 2.33. The Morgan fingerprint density at radius 1 is 1.20 bits per heavy atom. The molecule has 0 fully saturated rings. The molecular formula is C14H15N. The van der Waals surface area contributed by atoms with E-state index in [4.69, 9.17) is 0 Å². The first-order chi connectivity index (χ1) is 7.42. The summed E-state index contributed by atoms with van der Waals surface area (Å²) in [6.45, 7) is 0. The summed E-state index contributed by atoms with van der Waals surface area (Å²) in [5, 5.41) is 0. The number of hydrogen-bond donors (Lipinski definition) is 0.